The van der Waals surface area contributed by atoms with Gasteiger partial charge in [-0.2, -0.15) is 0 Å². The van der Waals surface area contributed by atoms with E-state index in [9.17, 15) is 9.50 Å². The Morgan fingerprint density at radius 2 is 2.00 bits per heavy atom. The molecule has 4 heteroatoms. The second-order valence-electron chi connectivity index (χ2n) is 3.06. The summed E-state index contributed by atoms with van der Waals surface area (Å²) in [6.07, 6.45) is -0.987. The summed E-state index contributed by atoms with van der Waals surface area (Å²) in [7, 11) is 0. The maximum Gasteiger partial charge on any atom is 0.129 e. The highest BCUT2D eigenvalue weighted by Gasteiger charge is 2.18. The molecule has 0 bridgehead atoms. The highest BCUT2D eigenvalue weighted by Crippen LogP contribution is 2.33. The summed E-state index contributed by atoms with van der Waals surface area (Å²) < 4.78 is 13.4. The van der Waals surface area contributed by atoms with Gasteiger partial charge in [0.15, 0.2) is 0 Å². The quantitative estimate of drug-likeness (QED) is 0.853. The van der Waals surface area contributed by atoms with Crippen molar-refractivity contribution in [3.8, 4) is 0 Å². The maximum absolute atomic E-state index is 13.4. The highest BCUT2D eigenvalue weighted by molar-refractivity contribution is 7.10. The standard InChI is InChI=1S/C11H8ClFOS/c12-8-5-6-15-11(8)10(14)7-3-1-2-4-9(7)13/h1-6,10,14H. The Kier molecular flexibility index (Phi) is 3.05. The maximum atomic E-state index is 13.4. The average Bonchev–Trinajstić information content (AvgIpc) is 2.64. The van der Waals surface area contributed by atoms with Gasteiger partial charge in [-0.25, -0.2) is 4.39 Å². The van der Waals surface area contributed by atoms with Crippen molar-refractivity contribution in [2.24, 2.45) is 0 Å². The van der Waals surface area contributed by atoms with Crippen LogP contribution in [0.25, 0.3) is 0 Å². The third-order valence-corrected chi connectivity index (χ3v) is 3.50. The lowest BCUT2D eigenvalue weighted by Gasteiger charge is -2.10. The molecule has 1 atom stereocenters. The highest BCUT2D eigenvalue weighted by atomic mass is 35.5. The van der Waals surface area contributed by atoms with Crippen LogP contribution < -0.4 is 0 Å². The van der Waals surface area contributed by atoms with Crippen molar-refractivity contribution in [2.75, 3.05) is 0 Å². The molecular weight excluding hydrogens is 235 g/mol. The first-order valence-electron chi connectivity index (χ1n) is 4.35. The van der Waals surface area contributed by atoms with E-state index in [2.05, 4.69) is 0 Å². The van der Waals surface area contributed by atoms with E-state index in [1.54, 1.807) is 29.6 Å². The van der Waals surface area contributed by atoms with E-state index in [1.807, 2.05) is 0 Å². The van der Waals surface area contributed by atoms with Crippen molar-refractivity contribution in [1.82, 2.24) is 0 Å². The zero-order valence-electron chi connectivity index (χ0n) is 7.65. The number of benzene rings is 1. The molecule has 2 aromatic rings. The summed E-state index contributed by atoms with van der Waals surface area (Å²) in [5, 5.41) is 12.2. The largest absolute Gasteiger partial charge is 0.383 e. The Balaban J connectivity index is 2.41. The first kappa shape index (κ1) is 10.6. The summed E-state index contributed by atoms with van der Waals surface area (Å²) >= 11 is 7.18. The van der Waals surface area contributed by atoms with Crippen molar-refractivity contribution in [3.63, 3.8) is 0 Å². The van der Waals surface area contributed by atoms with E-state index in [-0.39, 0.29) is 5.56 Å². The lowest BCUT2D eigenvalue weighted by molar-refractivity contribution is 0.219. The van der Waals surface area contributed by atoms with Gasteiger partial charge in [0, 0.05) is 5.56 Å². The Morgan fingerprint density at radius 1 is 1.27 bits per heavy atom. The molecule has 0 aliphatic rings. The van der Waals surface area contributed by atoms with Crippen LogP contribution in [0.1, 0.15) is 16.5 Å². The molecule has 0 fully saturated rings. The molecule has 0 radical (unpaired) electrons. The van der Waals surface area contributed by atoms with Crippen molar-refractivity contribution in [2.45, 2.75) is 6.10 Å². The fourth-order valence-electron chi connectivity index (χ4n) is 1.34. The summed E-state index contributed by atoms with van der Waals surface area (Å²) in [5.74, 6) is -0.422. The van der Waals surface area contributed by atoms with Gasteiger partial charge in [0.05, 0.1) is 9.90 Å². The van der Waals surface area contributed by atoms with Crippen LogP contribution in [-0.4, -0.2) is 5.11 Å². The number of halogens is 2. The number of aliphatic hydroxyl groups excluding tert-OH is 1. The minimum atomic E-state index is -0.987. The van der Waals surface area contributed by atoms with Crippen LogP contribution in [0, 0.1) is 5.82 Å². The molecule has 15 heavy (non-hydrogen) atoms. The van der Waals surface area contributed by atoms with Gasteiger partial charge in [-0.05, 0) is 17.5 Å². The zero-order chi connectivity index (χ0) is 10.8. The molecule has 0 spiro atoms. The number of hydrogen-bond acceptors (Lipinski definition) is 2. The van der Waals surface area contributed by atoms with Gasteiger partial charge in [0.2, 0.25) is 0 Å². The molecule has 1 aromatic carbocycles. The fraction of sp³-hybridized carbons (Fsp3) is 0.0909. The van der Waals surface area contributed by atoms with Gasteiger partial charge >= 0.3 is 0 Å². The smallest absolute Gasteiger partial charge is 0.129 e. The second-order valence-corrected chi connectivity index (χ2v) is 4.41. The van der Waals surface area contributed by atoms with Crippen molar-refractivity contribution in [3.05, 3.63) is 57.0 Å². The van der Waals surface area contributed by atoms with E-state index >= 15 is 0 Å². The molecule has 0 aliphatic carbocycles. The topological polar surface area (TPSA) is 20.2 Å². The second kappa shape index (κ2) is 4.31. The number of hydrogen-bond donors (Lipinski definition) is 1. The molecule has 78 valence electrons. The van der Waals surface area contributed by atoms with E-state index in [0.717, 1.165) is 0 Å². The third kappa shape index (κ3) is 2.04. The first-order valence-corrected chi connectivity index (χ1v) is 5.61. The van der Waals surface area contributed by atoms with Crippen molar-refractivity contribution >= 4 is 22.9 Å². The SMILES string of the molecule is OC(c1ccccc1F)c1sccc1Cl. The average molecular weight is 243 g/mol. The monoisotopic (exact) mass is 242 g/mol. The molecule has 0 aliphatic heterocycles. The van der Waals surface area contributed by atoms with Crippen LogP contribution in [0.5, 0.6) is 0 Å². The van der Waals surface area contributed by atoms with Crippen LogP contribution in [-0.2, 0) is 0 Å². The Bertz CT molecular complexity index is 469. The van der Waals surface area contributed by atoms with Crippen LogP contribution in [0.15, 0.2) is 35.7 Å². The molecule has 1 nitrogen and oxygen atoms in total. The van der Waals surface area contributed by atoms with Crippen molar-refractivity contribution in [1.29, 1.82) is 0 Å². The normalized spacial score (nSPS) is 12.7. The lowest BCUT2D eigenvalue weighted by Crippen LogP contribution is -2.00. The van der Waals surface area contributed by atoms with E-state index < -0.39 is 11.9 Å². The van der Waals surface area contributed by atoms with Crippen LogP contribution in [0.4, 0.5) is 4.39 Å². The van der Waals surface area contributed by atoms with Gasteiger partial charge in [-0.1, -0.05) is 29.8 Å². The molecule has 1 heterocycles. The Hall–Kier alpha value is -0.900. The number of rotatable bonds is 2. The summed E-state index contributed by atoms with van der Waals surface area (Å²) in [4.78, 5) is 0.571. The van der Waals surface area contributed by atoms with Gasteiger partial charge < -0.3 is 5.11 Å². The molecule has 0 saturated carbocycles. The summed E-state index contributed by atoms with van der Waals surface area (Å²) in [6.45, 7) is 0. The van der Waals surface area contributed by atoms with E-state index in [4.69, 9.17) is 11.6 Å². The fourth-order valence-corrected chi connectivity index (χ4v) is 2.50. The van der Waals surface area contributed by atoms with E-state index in [0.29, 0.717) is 9.90 Å². The molecule has 1 N–H and O–H groups in total. The van der Waals surface area contributed by atoms with Gasteiger partial charge in [0.25, 0.3) is 0 Å². The Labute approximate surface area is 95.8 Å². The predicted octanol–water partition coefficient (Wildman–Crippen LogP) is 3.62. The minimum Gasteiger partial charge on any atom is -0.383 e. The molecule has 0 amide bonds. The Morgan fingerprint density at radius 3 is 2.60 bits per heavy atom. The van der Waals surface area contributed by atoms with Gasteiger partial charge in [-0.3, -0.25) is 0 Å². The van der Waals surface area contributed by atoms with E-state index in [1.165, 1.54) is 17.4 Å². The molecular formula is C11H8ClFOS. The van der Waals surface area contributed by atoms with Gasteiger partial charge in [-0.15, -0.1) is 11.3 Å². The summed E-state index contributed by atoms with van der Waals surface area (Å²) in [5.41, 5.74) is 0.252. The molecule has 1 aromatic heterocycles. The molecule has 2 rings (SSSR count). The molecule has 1 unspecified atom stereocenters. The zero-order valence-corrected chi connectivity index (χ0v) is 9.23. The minimum absolute atomic E-state index is 0.252. The van der Waals surface area contributed by atoms with Crippen LogP contribution >= 0.6 is 22.9 Å². The lowest BCUT2D eigenvalue weighted by atomic mass is 10.1. The first-order chi connectivity index (χ1) is 7.20. The van der Waals surface area contributed by atoms with Crippen LogP contribution in [0.3, 0.4) is 0 Å². The van der Waals surface area contributed by atoms with Gasteiger partial charge in [0.1, 0.15) is 11.9 Å². The van der Waals surface area contributed by atoms with Crippen molar-refractivity contribution < 1.29 is 9.50 Å². The summed E-state index contributed by atoms with van der Waals surface area (Å²) in [6, 6.07) is 7.83. The predicted molar refractivity (Wildman–Crippen MR) is 59.8 cm³/mol. The number of aliphatic hydroxyl groups is 1. The molecule has 0 saturated heterocycles. The third-order valence-electron chi connectivity index (χ3n) is 2.09. The van der Waals surface area contributed by atoms with Crippen LogP contribution in [0.2, 0.25) is 5.02 Å². The number of thiophene rings is 1.